The van der Waals surface area contributed by atoms with E-state index >= 15 is 0 Å². The number of carbonyl (C=O) groups is 1. The van der Waals surface area contributed by atoms with Crippen LogP contribution in [0.5, 0.6) is 5.75 Å². The van der Waals surface area contributed by atoms with E-state index in [2.05, 4.69) is 19.9 Å². The molecule has 1 aliphatic carbocycles. The average molecular weight is 305 g/mol. The summed E-state index contributed by atoms with van der Waals surface area (Å²) in [5, 5.41) is 8.92. The van der Waals surface area contributed by atoms with Crippen molar-refractivity contribution in [3.63, 3.8) is 0 Å². The van der Waals surface area contributed by atoms with Gasteiger partial charge in [0.1, 0.15) is 5.75 Å². The number of ether oxygens (including phenoxy) is 1. The zero-order valence-electron chi connectivity index (χ0n) is 13.8. The highest BCUT2D eigenvalue weighted by Gasteiger charge is 2.30. The van der Waals surface area contributed by atoms with Crippen molar-refractivity contribution in [2.24, 2.45) is 11.7 Å². The molecule has 1 heterocycles. The minimum Gasteiger partial charge on any atom is -0.493 e. The van der Waals surface area contributed by atoms with Gasteiger partial charge in [-0.3, -0.25) is 4.79 Å². The summed E-state index contributed by atoms with van der Waals surface area (Å²) >= 11 is 0. The predicted molar refractivity (Wildman–Crippen MR) is 87.4 cm³/mol. The molecule has 0 fully saturated rings. The minimum absolute atomic E-state index is 0.198. The van der Waals surface area contributed by atoms with Crippen molar-refractivity contribution >= 4 is 5.97 Å². The topological polar surface area (TPSA) is 72.6 Å². The zero-order chi connectivity index (χ0) is 16.3. The molecule has 0 unspecified atom stereocenters. The van der Waals surface area contributed by atoms with Gasteiger partial charge < -0.3 is 15.6 Å². The number of carboxylic acids is 1. The van der Waals surface area contributed by atoms with Gasteiger partial charge in [0, 0.05) is 18.0 Å². The Labute approximate surface area is 132 Å². The van der Waals surface area contributed by atoms with Crippen molar-refractivity contribution < 1.29 is 14.6 Å². The molecular formula is C18H27NO3. The standard InChI is InChI=1S/C13H14O3.C5H13N/c14-12(15)7-9-2-1-8-3-4-11-10(13(8)9)5-6-16-11;1-4(2)5(3)6/h3-4,9H,1-2,5-7H2,(H,14,15);4-5H,6H2,1-3H3/t9-;5-/m01/s1. The first-order chi connectivity index (χ1) is 10.4. The van der Waals surface area contributed by atoms with Crippen molar-refractivity contribution in [3.8, 4) is 5.75 Å². The number of aliphatic carboxylic acids is 1. The van der Waals surface area contributed by atoms with Crippen LogP contribution < -0.4 is 10.5 Å². The number of rotatable bonds is 3. The fraction of sp³-hybridized carbons (Fsp3) is 0.611. The fourth-order valence-corrected chi connectivity index (χ4v) is 2.96. The van der Waals surface area contributed by atoms with E-state index in [4.69, 9.17) is 15.6 Å². The van der Waals surface area contributed by atoms with Crippen LogP contribution in [0.25, 0.3) is 0 Å². The first-order valence-corrected chi connectivity index (χ1v) is 8.15. The van der Waals surface area contributed by atoms with E-state index in [1.807, 2.05) is 13.0 Å². The molecule has 2 atom stereocenters. The summed E-state index contributed by atoms with van der Waals surface area (Å²) < 4.78 is 5.53. The highest BCUT2D eigenvalue weighted by molar-refractivity contribution is 5.69. The molecule has 122 valence electrons. The van der Waals surface area contributed by atoms with Gasteiger partial charge in [0.2, 0.25) is 0 Å². The third-order valence-corrected chi connectivity index (χ3v) is 4.66. The molecule has 0 saturated heterocycles. The Morgan fingerprint density at radius 2 is 2.05 bits per heavy atom. The van der Waals surface area contributed by atoms with Crippen LogP contribution in [0.2, 0.25) is 0 Å². The van der Waals surface area contributed by atoms with Crippen LogP contribution in [-0.4, -0.2) is 23.7 Å². The SMILES string of the molecule is CC(C)[C@@H](C)N.O=C(O)C[C@@H]1CCc2ccc3c(c21)CCO3. The number of benzene rings is 1. The maximum Gasteiger partial charge on any atom is 0.303 e. The van der Waals surface area contributed by atoms with Gasteiger partial charge in [0.15, 0.2) is 0 Å². The third-order valence-electron chi connectivity index (χ3n) is 4.66. The smallest absolute Gasteiger partial charge is 0.303 e. The Balaban J connectivity index is 0.000000254. The lowest BCUT2D eigenvalue weighted by Gasteiger charge is -2.12. The van der Waals surface area contributed by atoms with E-state index in [1.165, 1.54) is 16.7 Å². The third kappa shape index (κ3) is 3.80. The molecule has 0 radical (unpaired) electrons. The van der Waals surface area contributed by atoms with Crippen LogP contribution in [0.3, 0.4) is 0 Å². The van der Waals surface area contributed by atoms with Crippen molar-refractivity contribution in [2.75, 3.05) is 6.61 Å². The Hall–Kier alpha value is -1.55. The van der Waals surface area contributed by atoms with Gasteiger partial charge in [0.25, 0.3) is 0 Å². The summed E-state index contributed by atoms with van der Waals surface area (Å²) in [4.78, 5) is 10.8. The van der Waals surface area contributed by atoms with E-state index in [0.717, 1.165) is 31.6 Å². The van der Waals surface area contributed by atoms with Gasteiger partial charge >= 0.3 is 5.97 Å². The first-order valence-electron chi connectivity index (χ1n) is 8.15. The van der Waals surface area contributed by atoms with E-state index in [9.17, 15) is 4.79 Å². The van der Waals surface area contributed by atoms with Gasteiger partial charge in [-0.15, -0.1) is 0 Å². The van der Waals surface area contributed by atoms with Gasteiger partial charge in [-0.2, -0.15) is 0 Å². The summed E-state index contributed by atoms with van der Waals surface area (Å²) in [6.45, 7) is 6.99. The number of hydrogen-bond donors (Lipinski definition) is 2. The molecule has 3 rings (SSSR count). The number of carboxylic acid groups (broad SMARTS) is 1. The van der Waals surface area contributed by atoms with Crippen LogP contribution in [-0.2, 0) is 17.6 Å². The molecule has 1 aromatic carbocycles. The number of hydrogen-bond acceptors (Lipinski definition) is 3. The van der Waals surface area contributed by atoms with Crippen molar-refractivity contribution in [1.29, 1.82) is 0 Å². The minimum atomic E-state index is -0.700. The molecule has 22 heavy (non-hydrogen) atoms. The average Bonchev–Trinajstić information content (AvgIpc) is 3.04. The molecule has 2 aliphatic rings. The normalized spacial score (nSPS) is 19.8. The quantitative estimate of drug-likeness (QED) is 0.900. The van der Waals surface area contributed by atoms with Gasteiger partial charge in [-0.25, -0.2) is 0 Å². The van der Waals surface area contributed by atoms with E-state index in [-0.39, 0.29) is 12.3 Å². The maximum atomic E-state index is 10.8. The second kappa shape index (κ2) is 7.14. The largest absolute Gasteiger partial charge is 0.493 e. The second-order valence-corrected chi connectivity index (χ2v) is 6.65. The van der Waals surface area contributed by atoms with E-state index < -0.39 is 5.97 Å². The molecule has 3 N–H and O–H groups in total. The highest BCUT2D eigenvalue weighted by atomic mass is 16.5. The molecule has 0 saturated carbocycles. The van der Waals surface area contributed by atoms with Crippen LogP contribution in [0.4, 0.5) is 0 Å². The number of fused-ring (bicyclic) bond motifs is 3. The number of aryl methyl sites for hydroxylation is 1. The summed E-state index contributed by atoms with van der Waals surface area (Å²) in [5.74, 6) is 1.10. The maximum absolute atomic E-state index is 10.8. The molecular weight excluding hydrogens is 278 g/mol. The van der Waals surface area contributed by atoms with Crippen molar-refractivity contribution in [2.45, 2.75) is 58.4 Å². The van der Waals surface area contributed by atoms with E-state index in [0.29, 0.717) is 12.0 Å². The molecule has 1 aliphatic heterocycles. The van der Waals surface area contributed by atoms with Crippen LogP contribution >= 0.6 is 0 Å². The number of nitrogens with two attached hydrogens (primary N) is 1. The summed E-state index contributed by atoms with van der Waals surface area (Å²) in [5.41, 5.74) is 9.30. The van der Waals surface area contributed by atoms with Gasteiger partial charge in [-0.1, -0.05) is 19.9 Å². The Kier molecular flexibility index (Phi) is 5.46. The molecule has 4 nitrogen and oxygen atoms in total. The lowest BCUT2D eigenvalue weighted by molar-refractivity contribution is -0.137. The van der Waals surface area contributed by atoms with Gasteiger partial charge in [0.05, 0.1) is 13.0 Å². The Morgan fingerprint density at radius 3 is 2.64 bits per heavy atom. The molecule has 0 spiro atoms. The lowest BCUT2D eigenvalue weighted by Crippen LogP contribution is -2.21. The fourth-order valence-electron chi connectivity index (χ4n) is 2.96. The predicted octanol–water partition coefficient (Wildman–Crippen LogP) is 3.12. The first kappa shape index (κ1) is 16.8. The molecule has 0 aromatic heterocycles. The highest BCUT2D eigenvalue weighted by Crippen LogP contribution is 2.43. The van der Waals surface area contributed by atoms with Crippen LogP contribution in [0, 0.1) is 5.92 Å². The molecule has 4 heteroatoms. The summed E-state index contributed by atoms with van der Waals surface area (Å²) in [7, 11) is 0. The Bertz CT molecular complexity index is 531. The monoisotopic (exact) mass is 305 g/mol. The van der Waals surface area contributed by atoms with Crippen molar-refractivity contribution in [3.05, 3.63) is 28.8 Å². The summed E-state index contributed by atoms with van der Waals surface area (Å²) in [6, 6.07) is 4.48. The van der Waals surface area contributed by atoms with Crippen LogP contribution in [0.1, 0.15) is 56.2 Å². The zero-order valence-corrected chi connectivity index (χ0v) is 13.8. The van der Waals surface area contributed by atoms with E-state index in [1.54, 1.807) is 0 Å². The molecule has 0 bridgehead atoms. The molecule has 1 aromatic rings. The Morgan fingerprint density at radius 1 is 1.36 bits per heavy atom. The van der Waals surface area contributed by atoms with Gasteiger partial charge in [-0.05, 0) is 48.8 Å². The molecule has 0 amide bonds. The lowest BCUT2D eigenvalue weighted by atomic mass is 9.92. The second-order valence-electron chi connectivity index (χ2n) is 6.65. The summed E-state index contributed by atoms with van der Waals surface area (Å²) in [6.07, 6.45) is 3.18. The van der Waals surface area contributed by atoms with Crippen LogP contribution in [0.15, 0.2) is 12.1 Å². The van der Waals surface area contributed by atoms with Crippen molar-refractivity contribution in [1.82, 2.24) is 0 Å².